The maximum Gasteiger partial charge on any atom is 0.240 e. The molecule has 1 aliphatic heterocycles. The van der Waals surface area contributed by atoms with E-state index in [4.69, 9.17) is 0 Å². The summed E-state index contributed by atoms with van der Waals surface area (Å²) in [5.41, 5.74) is 2.28. The first-order valence-corrected chi connectivity index (χ1v) is 9.13. The average molecular weight is 346 g/mol. The van der Waals surface area contributed by atoms with E-state index in [9.17, 15) is 4.79 Å². The van der Waals surface area contributed by atoms with Gasteiger partial charge in [-0.3, -0.25) is 4.79 Å². The highest BCUT2D eigenvalue weighted by Gasteiger charge is 2.28. The van der Waals surface area contributed by atoms with E-state index in [2.05, 4.69) is 28.2 Å². The van der Waals surface area contributed by atoms with Crippen molar-refractivity contribution in [1.82, 2.24) is 10.2 Å². The first kappa shape index (κ1) is 16.0. The van der Waals surface area contributed by atoms with Crippen molar-refractivity contribution in [3.8, 4) is 0 Å². The van der Waals surface area contributed by atoms with Crippen molar-refractivity contribution in [1.29, 1.82) is 0 Å². The van der Waals surface area contributed by atoms with Gasteiger partial charge in [0.1, 0.15) is 0 Å². The van der Waals surface area contributed by atoms with E-state index in [1.54, 1.807) is 6.08 Å². The molecule has 1 aromatic heterocycles. The molecule has 5 nitrogen and oxygen atoms in total. The standard InChI is InChI=1S/C16H18N4OS2/c1-3-9-17-15-18-19-16(23-15)22-11(2)14(21)20-10-8-12-6-4-5-7-13(12)20/h3-7,11H,1,8-10H2,2H3,(H,17,18)/t11-/m1/s1. The van der Waals surface area contributed by atoms with Gasteiger partial charge < -0.3 is 10.2 Å². The number of aromatic nitrogens is 2. The third-order valence-corrected chi connectivity index (χ3v) is 5.64. The lowest BCUT2D eigenvalue weighted by atomic mass is 10.2. The normalized spacial score (nSPS) is 14.4. The van der Waals surface area contributed by atoms with Gasteiger partial charge >= 0.3 is 0 Å². The van der Waals surface area contributed by atoms with Crippen LogP contribution in [0.1, 0.15) is 12.5 Å². The van der Waals surface area contributed by atoms with Crippen LogP contribution in [0, 0.1) is 0 Å². The number of nitrogens with zero attached hydrogens (tertiary/aromatic N) is 3. The molecule has 1 aromatic carbocycles. The molecule has 23 heavy (non-hydrogen) atoms. The number of amides is 1. The Hall–Kier alpha value is -1.86. The van der Waals surface area contributed by atoms with Crippen molar-refractivity contribution in [3.05, 3.63) is 42.5 Å². The molecule has 120 valence electrons. The predicted octanol–water partition coefficient (Wildman–Crippen LogP) is 3.21. The average Bonchev–Trinajstić information content (AvgIpc) is 3.18. The monoisotopic (exact) mass is 346 g/mol. The van der Waals surface area contributed by atoms with Gasteiger partial charge in [0.25, 0.3) is 0 Å². The Morgan fingerprint density at radius 1 is 1.52 bits per heavy atom. The van der Waals surface area contributed by atoms with Gasteiger partial charge in [-0.2, -0.15) is 0 Å². The molecule has 1 N–H and O–H groups in total. The third kappa shape index (κ3) is 3.56. The smallest absolute Gasteiger partial charge is 0.240 e. The lowest BCUT2D eigenvalue weighted by Gasteiger charge is -2.20. The first-order chi connectivity index (χ1) is 11.2. The zero-order valence-electron chi connectivity index (χ0n) is 12.9. The van der Waals surface area contributed by atoms with Crippen LogP contribution in [0.4, 0.5) is 10.8 Å². The Morgan fingerprint density at radius 3 is 3.17 bits per heavy atom. The molecule has 0 saturated heterocycles. The number of fused-ring (bicyclic) bond motifs is 1. The van der Waals surface area contributed by atoms with Crippen LogP contribution in [0.5, 0.6) is 0 Å². The van der Waals surface area contributed by atoms with E-state index in [0.717, 1.165) is 28.1 Å². The Labute approximate surface area is 143 Å². The summed E-state index contributed by atoms with van der Waals surface area (Å²) in [7, 11) is 0. The van der Waals surface area contributed by atoms with E-state index in [0.29, 0.717) is 6.54 Å². The fourth-order valence-corrected chi connectivity index (χ4v) is 4.44. The van der Waals surface area contributed by atoms with Crippen molar-refractivity contribution in [2.24, 2.45) is 0 Å². The molecular formula is C16H18N4OS2. The van der Waals surface area contributed by atoms with Crippen LogP contribution >= 0.6 is 23.1 Å². The van der Waals surface area contributed by atoms with Gasteiger partial charge in [-0.1, -0.05) is 47.4 Å². The van der Waals surface area contributed by atoms with E-state index in [-0.39, 0.29) is 11.2 Å². The number of rotatable bonds is 6. The molecule has 0 saturated carbocycles. The summed E-state index contributed by atoms with van der Waals surface area (Å²) >= 11 is 2.91. The lowest BCUT2D eigenvalue weighted by Crippen LogP contribution is -2.35. The van der Waals surface area contributed by atoms with Gasteiger partial charge in [0, 0.05) is 18.8 Å². The van der Waals surface area contributed by atoms with Crippen LogP contribution in [-0.2, 0) is 11.2 Å². The Kier molecular flexibility index (Phi) is 4.97. The van der Waals surface area contributed by atoms with E-state index in [1.165, 1.54) is 28.7 Å². The van der Waals surface area contributed by atoms with Crippen LogP contribution < -0.4 is 10.2 Å². The molecule has 0 unspecified atom stereocenters. The van der Waals surface area contributed by atoms with Crippen molar-refractivity contribution in [3.63, 3.8) is 0 Å². The quantitative estimate of drug-likeness (QED) is 0.643. The second-order valence-electron chi connectivity index (χ2n) is 5.17. The maximum absolute atomic E-state index is 12.7. The van der Waals surface area contributed by atoms with Crippen molar-refractivity contribution in [2.75, 3.05) is 23.3 Å². The summed E-state index contributed by atoms with van der Waals surface area (Å²) in [6.07, 6.45) is 2.69. The number of benzene rings is 1. The maximum atomic E-state index is 12.7. The van der Waals surface area contributed by atoms with Crippen molar-refractivity contribution >= 4 is 39.8 Å². The topological polar surface area (TPSA) is 58.1 Å². The summed E-state index contributed by atoms with van der Waals surface area (Å²) < 4.78 is 0.796. The van der Waals surface area contributed by atoms with Crippen molar-refractivity contribution in [2.45, 2.75) is 22.9 Å². The van der Waals surface area contributed by atoms with Crippen LogP contribution in [0.3, 0.4) is 0 Å². The second kappa shape index (κ2) is 7.14. The molecule has 0 bridgehead atoms. The summed E-state index contributed by atoms with van der Waals surface area (Å²) in [6, 6.07) is 8.09. The van der Waals surface area contributed by atoms with E-state index < -0.39 is 0 Å². The van der Waals surface area contributed by atoms with E-state index >= 15 is 0 Å². The minimum Gasteiger partial charge on any atom is -0.357 e. The van der Waals surface area contributed by atoms with Crippen LogP contribution in [-0.4, -0.2) is 34.4 Å². The molecule has 2 aromatic rings. The SMILES string of the molecule is C=CCNc1nnc(S[C@H](C)C(=O)N2CCc3ccccc32)s1. The number of carbonyl (C=O) groups excluding carboxylic acids is 1. The highest BCUT2D eigenvalue weighted by Crippen LogP contribution is 2.33. The van der Waals surface area contributed by atoms with Crippen LogP contribution in [0.2, 0.25) is 0 Å². The summed E-state index contributed by atoms with van der Waals surface area (Å²) in [5, 5.41) is 11.8. The van der Waals surface area contributed by atoms with Gasteiger partial charge in [0.05, 0.1) is 5.25 Å². The zero-order valence-corrected chi connectivity index (χ0v) is 14.5. The molecule has 0 fully saturated rings. The molecule has 2 heterocycles. The molecule has 1 aliphatic rings. The largest absolute Gasteiger partial charge is 0.357 e. The van der Waals surface area contributed by atoms with Gasteiger partial charge in [0.15, 0.2) is 4.34 Å². The molecule has 1 atom stereocenters. The number of para-hydroxylation sites is 1. The highest BCUT2D eigenvalue weighted by atomic mass is 32.2. The third-order valence-electron chi connectivity index (χ3n) is 3.58. The van der Waals surface area contributed by atoms with Crippen LogP contribution in [0.15, 0.2) is 41.3 Å². The minimum absolute atomic E-state index is 0.121. The predicted molar refractivity (Wildman–Crippen MR) is 96.4 cm³/mol. The molecular weight excluding hydrogens is 328 g/mol. The summed E-state index contributed by atoms with van der Waals surface area (Å²) in [4.78, 5) is 14.6. The fraction of sp³-hybridized carbons (Fsp3) is 0.312. The van der Waals surface area contributed by atoms with Gasteiger partial charge in [-0.15, -0.1) is 16.8 Å². The number of anilines is 2. The Bertz CT molecular complexity index is 716. The highest BCUT2D eigenvalue weighted by molar-refractivity contribution is 8.02. The lowest BCUT2D eigenvalue weighted by molar-refractivity contribution is -0.117. The number of hydrogen-bond donors (Lipinski definition) is 1. The number of nitrogens with one attached hydrogen (secondary N) is 1. The number of carbonyl (C=O) groups is 1. The molecule has 0 aliphatic carbocycles. The number of thioether (sulfide) groups is 1. The second-order valence-corrected chi connectivity index (χ2v) is 7.74. The molecule has 0 spiro atoms. The molecule has 0 radical (unpaired) electrons. The summed E-state index contributed by atoms with van der Waals surface area (Å²) in [5.74, 6) is 0.121. The number of hydrogen-bond acceptors (Lipinski definition) is 6. The van der Waals surface area contributed by atoms with Gasteiger partial charge in [-0.25, -0.2) is 0 Å². The molecule has 3 rings (SSSR count). The Balaban J connectivity index is 1.64. The van der Waals surface area contributed by atoms with Crippen molar-refractivity contribution < 1.29 is 4.79 Å². The van der Waals surface area contributed by atoms with Crippen LogP contribution in [0.25, 0.3) is 0 Å². The summed E-state index contributed by atoms with van der Waals surface area (Å²) in [6.45, 7) is 6.98. The van der Waals surface area contributed by atoms with E-state index in [1.807, 2.05) is 30.0 Å². The Morgan fingerprint density at radius 2 is 2.35 bits per heavy atom. The zero-order chi connectivity index (χ0) is 16.2. The fourth-order valence-electron chi connectivity index (χ4n) is 2.48. The molecule has 1 amide bonds. The molecule has 7 heteroatoms. The van der Waals surface area contributed by atoms with Gasteiger partial charge in [-0.05, 0) is 25.0 Å². The first-order valence-electron chi connectivity index (χ1n) is 7.43. The minimum atomic E-state index is -0.193. The van der Waals surface area contributed by atoms with Gasteiger partial charge in [0.2, 0.25) is 11.0 Å².